The number of nitrogens with zero attached hydrogens (tertiary/aromatic N) is 1. The van der Waals surface area contributed by atoms with E-state index in [9.17, 15) is 0 Å². The Kier molecular flexibility index (Phi) is 9.89. The number of methoxy groups -OCH3 is 1. The molecule has 0 saturated carbocycles. The monoisotopic (exact) mass is 429 g/mol. The van der Waals surface area contributed by atoms with Gasteiger partial charge >= 0.3 is 0 Å². The Bertz CT molecular complexity index is 814. The highest BCUT2D eigenvalue weighted by molar-refractivity contribution is 5.97. The van der Waals surface area contributed by atoms with Crippen LogP contribution < -0.4 is 20.5 Å². The number of nitrogens with one attached hydrogen (secondary N) is 1. The lowest BCUT2D eigenvalue weighted by Gasteiger charge is -2.23. The van der Waals surface area contributed by atoms with Crippen LogP contribution in [0.15, 0.2) is 18.2 Å². The summed E-state index contributed by atoms with van der Waals surface area (Å²) < 4.78 is 12.0. The predicted molar refractivity (Wildman–Crippen MR) is 133 cm³/mol. The molecule has 0 saturated heterocycles. The van der Waals surface area contributed by atoms with Gasteiger partial charge in [-0.25, -0.2) is 4.98 Å². The van der Waals surface area contributed by atoms with Crippen molar-refractivity contribution in [2.75, 3.05) is 25.6 Å². The van der Waals surface area contributed by atoms with Gasteiger partial charge in [0.2, 0.25) is 0 Å². The average molecular weight is 430 g/mol. The number of aromatic nitrogens is 1. The van der Waals surface area contributed by atoms with E-state index in [0.29, 0.717) is 19.2 Å². The number of pyridine rings is 1. The van der Waals surface area contributed by atoms with Gasteiger partial charge in [0, 0.05) is 28.6 Å². The highest BCUT2D eigenvalue weighted by Crippen LogP contribution is 2.41. The molecule has 1 heterocycles. The number of hydrogen-bond acceptors (Lipinski definition) is 5. The average Bonchev–Trinajstić information content (AvgIpc) is 2.74. The maximum atomic E-state index is 6.26. The molecule has 1 aromatic heterocycles. The van der Waals surface area contributed by atoms with E-state index in [1.165, 1.54) is 25.7 Å². The smallest absolute Gasteiger partial charge is 0.170 e. The molecule has 5 heteroatoms. The summed E-state index contributed by atoms with van der Waals surface area (Å²) in [6.45, 7) is 12.4. The molecular weight excluding hydrogens is 386 g/mol. The number of anilines is 1. The van der Waals surface area contributed by atoms with E-state index in [1.807, 2.05) is 6.07 Å². The maximum absolute atomic E-state index is 6.26. The fourth-order valence-electron chi connectivity index (χ4n) is 3.72. The van der Waals surface area contributed by atoms with Crippen molar-refractivity contribution in [3.05, 3.63) is 23.9 Å². The van der Waals surface area contributed by atoms with E-state index in [-0.39, 0.29) is 5.41 Å². The summed E-state index contributed by atoms with van der Waals surface area (Å²) in [5.74, 6) is 1.54. The highest BCUT2D eigenvalue weighted by atomic mass is 16.5. The third kappa shape index (κ3) is 7.27. The molecule has 0 amide bonds. The molecule has 0 aliphatic rings. The summed E-state index contributed by atoms with van der Waals surface area (Å²) in [6, 6.07) is 6.57. The second-order valence-electron chi connectivity index (χ2n) is 9.54. The lowest BCUT2D eigenvalue weighted by Crippen LogP contribution is -2.18. The molecule has 0 spiro atoms. The van der Waals surface area contributed by atoms with Crippen LogP contribution in [0, 0.1) is 0 Å². The summed E-state index contributed by atoms with van der Waals surface area (Å²) in [5, 5.41) is 4.63. The van der Waals surface area contributed by atoms with Crippen LogP contribution in [-0.2, 0) is 5.41 Å². The Morgan fingerprint density at radius 3 is 2.48 bits per heavy atom. The van der Waals surface area contributed by atoms with Gasteiger partial charge in [-0.3, -0.25) is 0 Å². The van der Waals surface area contributed by atoms with Crippen LogP contribution in [0.2, 0.25) is 0 Å². The molecule has 31 heavy (non-hydrogen) atoms. The summed E-state index contributed by atoms with van der Waals surface area (Å²) in [5.41, 5.74) is 8.66. The van der Waals surface area contributed by atoms with E-state index >= 15 is 0 Å². The van der Waals surface area contributed by atoms with Gasteiger partial charge in [0.25, 0.3) is 0 Å². The number of unbranched alkanes of at least 4 members (excludes halogenated alkanes) is 4. The summed E-state index contributed by atoms with van der Waals surface area (Å²) >= 11 is 0. The zero-order valence-electron chi connectivity index (χ0n) is 20.5. The van der Waals surface area contributed by atoms with Crippen molar-refractivity contribution in [1.82, 2.24) is 4.98 Å². The Morgan fingerprint density at radius 2 is 1.84 bits per heavy atom. The molecule has 2 rings (SSSR count). The number of ether oxygens (including phenoxy) is 2. The van der Waals surface area contributed by atoms with Crippen molar-refractivity contribution in [1.29, 1.82) is 0 Å². The number of nitrogens with two attached hydrogens (primary N) is 1. The number of rotatable bonds is 13. The summed E-state index contributed by atoms with van der Waals surface area (Å²) in [7, 11) is 1.70. The molecule has 0 aliphatic heterocycles. The van der Waals surface area contributed by atoms with Gasteiger partial charge in [-0.05, 0) is 44.9 Å². The molecule has 174 valence electrons. The van der Waals surface area contributed by atoms with E-state index in [0.717, 1.165) is 53.0 Å². The fourth-order valence-corrected chi connectivity index (χ4v) is 3.72. The van der Waals surface area contributed by atoms with Crippen LogP contribution >= 0.6 is 0 Å². The lowest BCUT2D eigenvalue weighted by molar-refractivity contribution is 0.288. The quantitative estimate of drug-likeness (QED) is 0.359. The van der Waals surface area contributed by atoms with Crippen LogP contribution in [0.3, 0.4) is 0 Å². The standard InChI is InChI=1S/C26H43N3O2/c1-7-8-9-10-11-17-31-25-20-14-15-23(26(3,4)5)29-24(20)21(18-22(25)30-6)28-19(2)13-12-16-27/h14-15,18-19,28H,7-13,16-17,27H2,1-6H3. The molecule has 0 fully saturated rings. The molecule has 3 N–H and O–H groups in total. The van der Waals surface area contributed by atoms with Crippen molar-refractivity contribution in [3.8, 4) is 11.5 Å². The molecule has 0 radical (unpaired) electrons. The van der Waals surface area contributed by atoms with Crippen molar-refractivity contribution in [2.45, 2.75) is 91.0 Å². The zero-order valence-corrected chi connectivity index (χ0v) is 20.5. The van der Waals surface area contributed by atoms with Gasteiger partial charge in [-0.15, -0.1) is 0 Å². The summed E-state index contributed by atoms with van der Waals surface area (Å²) in [4.78, 5) is 5.06. The van der Waals surface area contributed by atoms with E-state index in [1.54, 1.807) is 7.11 Å². The molecule has 1 aromatic carbocycles. The van der Waals surface area contributed by atoms with Crippen molar-refractivity contribution >= 4 is 16.6 Å². The molecule has 1 unspecified atom stereocenters. The number of fused-ring (bicyclic) bond motifs is 1. The molecule has 0 aliphatic carbocycles. The lowest BCUT2D eigenvalue weighted by atomic mass is 9.91. The van der Waals surface area contributed by atoms with E-state index < -0.39 is 0 Å². The third-order valence-electron chi connectivity index (χ3n) is 5.62. The Hall–Kier alpha value is -2.01. The number of benzene rings is 1. The predicted octanol–water partition coefficient (Wildman–Crippen LogP) is 6.43. The van der Waals surface area contributed by atoms with Gasteiger partial charge in [-0.1, -0.05) is 53.4 Å². The first-order chi connectivity index (χ1) is 14.8. The van der Waals surface area contributed by atoms with Crippen LogP contribution in [0.4, 0.5) is 5.69 Å². The fraction of sp³-hybridized carbons (Fsp3) is 0.654. The minimum absolute atomic E-state index is 0.0309. The van der Waals surface area contributed by atoms with Gasteiger partial charge in [0.15, 0.2) is 11.5 Å². The maximum Gasteiger partial charge on any atom is 0.170 e. The highest BCUT2D eigenvalue weighted by Gasteiger charge is 2.21. The van der Waals surface area contributed by atoms with Crippen LogP contribution in [0.25, 0.3) is 10.9 Å². The Balaban J connectivity index is 2.40. The van der Waals surface area contributed by atoms with Gasteiger partial charge in [-0.2, -0.15) is 0 Å². The molecule has 1 atom stereocenters. The summed E-state index contributed by atoms with van der Waals surface area (Å²) in [6.07, 6.45) is 8.04. The van der Waals surface area contributed by atoms with Crippen LogP contribution in [-0.4, -0.2) is 31.3 Å². The number of hydrogen-bond donors (Lipinski definition) is 2. The normalized spacial score (nSPS) is 12.7. The molecule has 2 aromatic rings. The van der Waals surface area contributed by atoms with Gasteiger partial charge < -0.3 is 20.5 Å². The molecule has 5 nitrogen and oxygen atoms in total. The van der Waals surface area contributed by atoms with Crippen LogP contribution in [0.1, 0.15) is 85.3 Å². The van der Waals surface area contributed by atoms with E-state index in [2.05, 4.69) is 52.1 Å². The first-order valence-corrected chi connectivity index (χ1v) is 11.9. The second-order valence-corrected chi connectivity index (χ2v) is 9.54. The second kappa shape index (κ2) is 12.1. The van der Waals surface area contributed by atoms with Crippen molar-refractivity contribution in [2.24, 2.45) is 5.73 Å². The van der Waals surface area contributed by atoms with Crippen LogP contribution in [0.5, 0.6) is 11.5 Å². The topological polar surface area (TPSA) is 69.4 Å². The van der Waals surface area contributed by atoms with Crippen molar-refractivity contribution < 1.29 is 9.47 Å². The SMILES string of the molecule is CCCCCCCOc1c(OC)cc(NC(C)CCCN)c2nc(C(C)(C)C)ccc12. The van der Waals surface area contributed by atoms with Crippen molar-refractivity contribution in [3.63, 3.8) is 0 Å². The minimum atomic E-state index is -0.0309. The molecule has 0 bridgehead atoms. The van der Waals surface area contributed by atoms with Gasteiger partial charge in [0.1, 0.15) is 0 Å². The Labute approximate surface area is 189 Å². The Morgan fingerprint density at radius 1 is 1.10 bits per heavy atom. The molecular formula is C26H43N3O2. The largest absolute Gasteiger partial charge is 0.493 e. The minimum Gasteiger partial charge on any atom is -0.493 e. The van der Waals surface area contributed by atoms with E-state index in [4.69, 9.17) is 20.2 Å². The zero-order chi connectivity index (χ0) is 22.9. The first kappa shape index (κ1) is 25.3. The van der Waals surface area contributed by atoms with Gasteiger partial charge in [0.05, 0.1) is 24.9 Å². The third-order valence-corrected chi connectivity index (χ3v) is 5.62. The first-order valence-electron chi connectivity index (χ1n) is 11.9.